The molecule has 6 heteroatoms. The zero-order valence-electron chi connectivity index (χ0n) is 13.3. The standard InChI is InChI=1S/C18H18N4O2/c23-18(21-6-8-24-9-7-21)16-10-15-12-20-22(17(15)19-11-16)13-14-4-2-1-3-5-14/h1-5,10-12H,6-9,13H2. The second-order valence-electron chi connectivity index (χ2n) is 5.83. The minimum absolute atomic E-state index is 0.00325. The van der Waals surface area contributed by atoms with Crippen molar-refractivity contribution >= 4 is 16.9 Å². The van der Waals surface area contributed by atoms with Crippen LogP contribution in [0.3, 0.4) is 0 Å². The summed E-state index contributed by atoms with van der Waals surface area (Å²) in [5.74, 6) is 0.00325. The third-order valence-electron chi connectivity index (χ3n) is 4.20. The van der Waals surface area contributed by atoms with Crippen LogP contribution in [0.1, 0.15) is 15.9 Å². The highest BCUT2D eigenvalue weighted by Crippen LogP contribution is 2.16. The Kier molecular flexibility index (Phi) is 3.96. The number of fused-ring (bicyclic) bond motifs is 1. The zero-order chi connectivity index (χ0) is 16.4. The van der Waals surface area contributed by atoms with Gasteiger partial charge in [-0.2, -0.15) is 5.10 Å². The van der Waals surface area contributed by atoms with Crippen LogP contribution in [-0.2, 0) is 11.3 Å². The average molecular weight is 322 g/mol. The van der Waals surface area contributed by atoms with Gasteiger partial charge in [0.15, 0.2) is 5.65 Å². The van der Waals surface area contributed by atoms with Crippen molar-refractivity contribution in [2.75, 3.05) is 26.3 Å². The molecule has 4 rings (SSSR count). The topological polar surface area (TPSA) is 60.2 Å². The summed E-state index contributed by atoms with van der Waals surface area (Å²) >= 11 is 0. The van der Waals surface area contributed by atoms with Gasteiger partial charge in [0.2, 0.25) is 0 Å². The molecule has 1 fully saturated rings. The van der Waals surface area contributed by atoms with E-state index in [1.165, 1.54) is 0 Å². The number of aromatic nitrogens is 3. The second kappa shape index (κ2) is 6.41. The summed E-state index contributed by atoms with van der Waals surface area (Å²) in [6.45, 7) is 3.11. The number of carbonyl (C=O) groups is 1. The predicted molar refractivity (Wildman–Crippen MR) is 89.8 cm³/mol. The maximum Gasteiger partial charge on any atom is 0.255 e. The molecule has 3 aromatic rings. The first-order valence-electron chi connectivity index (χ1n) is 8.04. The van der Waals surface area contributed by atoms with Gasteiger partial charge >= 0.3 is 0 Å². The Morgan fingerprint density at radius 1 is 1.12 bits per heavy atom. The van der Waals surface area contributed by atoms with Gasteiger partial charge in [-0.05, 0) is 11.6 Å². The van der Waals surface area contributed by atoms with Crippen molar-refractivity contribution in [1.29, 1.82) is 0 Å². The van der Waals surface area contributed by atoms with E-state index in [0.717, 1.165) is 16.6 Å². The third kappa shape index (κ3) is 2.88. The smallest absolute Gasteiger partial charge is 0.255 e. The van der Waals surface area contributed by atoms with Gasteiger partial charge in [-0.15, -0.1) is 0 Å². The molecule has 1 aliphatic rings. The molecule has 0 unspecified atom stereocenters. The number of rotatable bonds is 3. The molecule has 0 atom stereocenters. The number of morpholine rings is 1. The van der Waals surface area contributed by atoms with Crippen molar-refractivity contribution in [3.63, 3.8) is 0 Å². The largest absolute Gasteiger partial charge is 0.378 e. The van der Waals surface area contributed by atoms with E-state index in [1.807, 2.05) is 28.9 Å². The van der Waals surface area contributed by atoms with Crippen LogP contribution in [-0.4, -0.2) is 51.9 Å². The molecule has 1 saturated heterocycles. The summed E-state index contributed by atoms with van der Waals surface area (Å²) in [6.07, 6.45) is 3.41. The Labute approximate surface area is 139 Å². The van der Waals surface area contributed by atoms with Crippen LogP contribution in [0.15, 0.2) is 48.8 Å². The fourth-order valence-electron chi connectivity index (χ4n) is 2.91. The average Bonchev–Trinajstić information content (AvgIpc) is 3.05. The fraction of sp³-hybridized carbons (Fsp3) is 0.278. The van der Waals surface area contributed by atoms with Crippen molar-refractivity contribution in [2.24, 2.45) is 0 Å². The van der Waals surface area contributed by atoms with E-state index in [9.17, 15) is 4.79 Å². The lowest BCUT2D eigenvalue weighted by Gasteiger charge is -2.26. The van der Waals surface area contributed by atoms with E-state index in [4.69, 9.17) is 4.74 Å². The molecule has 122 valence electrons. The number of amides is 1. The van der Waals surface area contributed by atoms with Crippen LogP contribution in [0.5, 0.6) is 0 Å². The number of hydrogen-bond acceptors (Lipinski definition) is 4. The lowest BCUT2D eigenvalue weighted by atomic mass is 10.2. The Morgan fingerprint density at radius 3 is 2.71 bits per heavy atom. The van der Waals surface area contributed by atoms with Gasteiger partial charge in [-0.3, -0.25) is 4.79 Å². The van der Waals surface area contributed by atoms with Crippen molar-refractivity contribution in [2.45, 2.75) is 6.54 Å². The maximum atomic E-state index is 12.5. The Hall–Kier alpha value is -2.73. The minimum atomic E-state index is 0.00325. The summed E-state index contributed by atoms with van der Waals surface area (Å²) in [5.41, 5.74) is 2.55. The van der Waals surface area contributed by atoms with Crippen LogP contribution < -0.4 is 0 Å². The monoisotopic (exact) mass is 322 g/mol. The van der Waals surface area contributed by atoms with E-state index in [1.54, 1.807) is 17.3 Å². The van der Waals surface area contributed by atoms with Crippen molar-refractivity contribution in [1.82, 2.24) is 19.7 Å². The van der Waals surface area contributed by atoms with E-state index in [-0.39, 0.29) is 5.91 Å². The normalized spacial score (nSPS) is 14.9. The summed E-state index contributed by atoms with van der Waals surface area (Å²) in [6, 6.07) is 12.0. The Balaban J connectivity index is 1.59. The molecule has 1 aromatic carbocycles. The van der Waals surface area contributed by atoms with E-state index >= 15 is 0 Å². The molecule has 0 radical (unpaired) electrons. The first kappa shape index (κ1) is 14.8. The predicted octanol–water partition coefficient (Wildman–Crippen LogP) is 1.95. The number of hydrogen-bond donors (Lipinski definition) is 0. The Morgan fingerprint density at radius 2 is 1.92 bits per heavy atom. The Bertz CT molecular complexity index is 854. The minimum Gasteiger partial charge on any atom is -0.378 e. The number of benzene rings is 1. The van der Waals surface area contributed by atoms with Crippen LogP contribution in [0.4, 0.5) is 0 Å². The molecule has 0 spiro atoms. The molecule has 1 amide bonds. The SMILES string of the molecule is O=C(c1cnc2c(cnn2Cc2ccccc2)c1)N1CCOCC1. The number of ether oxygens (including phenoxy) is 1. The van der Waals surface area contributed by atoms with Gasteiger partial charge in [-0.1, -0.05) is 30.3 Å². The quantitative estimate of drug-likeness (QED) is 0.739. The molecule has 2 aromatic heterocycles. The van der Waals surface area contributed by atoms with Gasteiger partial charge in [0.1, 0.15) is 0 Å². The van der Waals surface area contributed by atoms with Gasteiger partial charge in [0, 0.05) is 24.7 Å². The van der Waals surface area contributed by atoms with Gasteiger partial charge in [-0.25, -0.2) is 9.67 Å². The van der Waals surface area contributed by atoms with E-state index < -0.39 is 0 Å². The fourth-order valence-corrected chi connectivity index (χ4v) is 2.91. The molecule has 0 N–H and O–H groups in total. The second-order valence-corrected chi connectivity index (χ2v) is 5.83. The zero-order valence-corrected chi connectivity index (χ0v) is 13.3. The molecular weight excluding hydrogens is 304 g/mol. The first-order valence-corrected chi connectivity index (χ1v) is 8.04. The highest BCUT2D eigenvalue weighted by Gasteiger charge is 2.19. The molecule has 1 aliphatic heterocycles. The molecule has 0 bridgehead atoms. The van der Waals surface area contributed by atoms with E-state index in [0.29, 0.717) is 38.4 Å². The van der Waals surface area contributed by atoms with Crippen molar-refractivity contribution in [3.05, 3.63) is 59.9 Å². The molecular formula is C18H18N4O2. The highest BCUT2D eigenvalue weighted by atomic mass is 16.5. The summed E-state index contributed by atoms with van der Waals surface area (Å²) < 4.78 is 7.15. The highest BCUT2D eigenvalue weighted by molar-refractivity contribution is 5.96. The molecule has 6 nitrogen and oxygen atoms in total. The summed E-state index contributed by atoms with van der Waals surface area (Å²) in [4.78, 5) is 18.8. The van der Waals surface area contributed by atoms with E-state index in [2.05, 4.69) is 22.2 Å². The number of carbonyl (C=O) groups excluding carboxylic acids is 1. The third-order valence-corrected chi connectivity index (χ3v) is 4.20. The maximum absolute atomic E-state index is 12.5. The molecule has 24 heavy (non-hydrogen) atoms. The van der Waals surface area contributed by atoms with Gasteiger partial charge in [0.05, 0.1) is 31.5 Å². The van der Waals surface area contributed by atoms with Crippen molar-refractivity contribution < 1.29 is 9.53 Å². The van der Waals surface area contributed by atoms with Crippen LogP contribution >= 0.6 is 0 Å². The molecule has 3 heterocycles. The lowest BCUT2D eigenvalue weighted by molar-refractivity contribution is 0.0302. The van der Waals surface area contributed by atoms with Crippen LogP contribution in [0.25, 0.3) is 11.0 Å². The van der Waals surface area contributed by atoms with Crippen molar-refractivity contribution in [3.8, 4) is 0 Å². The lowest BCUT2D eigenvalue weighted by Crippen LogP contribution is -2.40. The molecule has 0 saturated carbocycles. The van der Waals surface area contributed by atoms with Gasteiger partial charge < -0.3 is 9.64 Å². The summed E-state index contributed by atoms with van der Waals surface area (Å²) in [7, 11) is 0. The van der Waals surface area contributed by atoms with Crippen LogP contribution in [0, 0.1) is 0 Å². The summed E-state index contributed by atoms with van der Waals surface area (Å²) in [5, 5.41) is 5.29. The molecule has 0 aliphatic carbocycles. The first-order chi connectivity index (χ1) is 11.8. The van der Waals surface area contributed by atoms with Crippen LogP contribution in [0.2, 0.25) is 0 Å². The number of pyridine rings is 1. The van der Waals surface area contributed by atoms with Gasteiger partial charge in [0.25, 0.3) is 5.91 Å². The number of nitrogens with zero attached hydrogens (tertiary/aromatic N) is 4.